The Bertz CT molecular complexity index is 800. The van der Waals surface area contributed by atoms with Crippen LogP contribution in [-0.4, -0.2) is 73.0 Å². The second-order valence-electron chi connectivity index (χ2n) is 7.30. The molecule has 6 nitrogen and oxygen atoms in total. The van der Waals surface area contributed by atoms with E-state index in [1.165, 1.54) is 0 Å². The minimum absolute atomic E-state index is 0.187. The lowest BCUT2D eigenvalue weighted by Gasteiger charge is -2.36. The van der Waals surface area contributed by atoms with Crippen LogP contribution < -0.4 is 10.6 Å². The fourth-order valence-corrected chi connectivity index (χ4v) is 4.11. The Morgan fingerprint density at radius 1 is 1.26 bits per heavy atom. The van der Waals surface area contributed by atoms with Crippen molar-refractivity contribution in [3.8, 4) is 0 Å². The zero-order chi connectivity index (χ0) is 18.6. The minimum Gasteiger partial charge on any atom is -0.383 e. The molecule has 1 aromatic carbocycles. The van der Waals surface area contributed by atoms with E-state index in [4.69, 9.17) is 11.6 Å². The lowest BCUT2D eigenvalue weighted by atomic mass is 10.1. The molecule has 0 aliphatic carbocycles. The topological polar surface area (TPSA) is 60.5 Å². The average Bonchev–Trinajstić information content (AvgIpc) is 3.23. The number of carbonyl (C=O) groups is 1. The maximum atomic E-state index is 12.5. The molecule has 1 amide bonds. The number of carbonyl (C=O) groups excluding carboxylic acids is 1. The standard InChI is InChI=1S/C20H26ClN5O/c21-16-1-2-17-18(4-6-23-19(17)13-16)24-7-8-25-9-11-26(12-10-25)20(27)15-3-5-22-14-15/h1-2,4,6,13,15,22H,3,5,7-12,14H2,(H,23,24). The van der Waals surface area contributed by atoms with Gasteiger partial charge in [-0.3, -0.25) is 14.7 Å². The van der Waals surface area contributed by atoms with E-state index in [1.54, 1.807) is 0 Å². The number of aromatic nitrogens is 1. The van der Waals surface area contributed by atoms with Gasteiger partial charge in [0.25, 0.3) is 0 Å². The zero-order valence-electron chi connectivity index (χ0n) is 15.5. The molecule has 2 saturated heterocycles. The van der Waals surface area contributed by atoms with E-state index >= 15 is 0 Å². The Kier molecular flexibility index (Phi) is 5.76. The first-order valence-electron chi connectivity index (χ1n) is 9.71. The molecule has 2 fully saturated rings. The molecule has 4 rings (SSSR count). The highest BCUT2D eigenvalue weighted by Crippen LogP contribution is 2.24. The molecular weight excluding hydrogens is 362 g/mol. The third-order valence-corrected chi connectivity index (χ3v) is 5.78. The first-order valence-corrected chi connectivity index (χ1v) is 10.1. The number of amides is 1. The summed E-state index contributed by atoms with van der Waals surface area (Å²) in [6, 6.07) is 7.79. The van der Waals surface area contributed by atoms with Crippen LogP contribution in [0.3, 0.4) is 0 Å². The lowest BCUT2D eigenvalue weighted by molar-refractivity contribution is -0.136. The van der Waals surface area contributed by atoms with Crippen LogP contribution >= 0.6 is 11.6 Å². The van der Waals surface area contributed by atoms with E-state index in [2.05, 4.69) is 20.5 Å². The molecule has 1 unspecified atom stereocenters. The van der Waals surface area contributed by atoms with E-state index in [9.17, 15) is 4.79 Å². The van der Waals surface area contributed by atoms with Crippen molar-refractivity contribution in [3.63, 3.8) is 0 Å². The van der Waals surface area contributed by atoms with Gasteiger partial charge in [-0.25, -0.2) is 0 Å². The molecule has 0 bridgehead atoms. The molecule has 0 spiro atoms. The molecule has 1 aromatic heterocycles. The number of nitrogens with zero attached hydrogens (tertiary/aromatic N) is 3. The number of pyridine rings is 1. The first-order chi connectivity index (χ1) is 13.2. The van der Waals surface area contributed by atoms with E-state index in [-0.39, 0.29) is 5.92 Å². The monoisotopic (exact) mass is 387 g/mol. The number of anilines is 1. The molecular formula is C20H26ClN5O. The Labute approximate surface area is 164 Å². The van der Waals surface area contributed by atoms with E-state index in [0.717, 1.165) is 75.4 Å². The van der Waals surface area contributed by atoms with Gasteiger partial charge in [0.05, 0.1) is 11.4 Å². The summed E-state index contributed by atoms with van der Waals surface area (Å²) in [5, 5.41) is 8.59. The van der Waals surface area contributed by atoms with Crippen molar-refractivity contribution in [2.45, 2.75) is 6.42 Å². The second-order valence-corrected chi connectivity index (χ2v) is 7.74. The molecule has 2 N–H and O–H groups in total. The number of halogens is 1. The molecule has 2 aromatic rings. The minimum atomic E-state index is 0.187. The molecule has 7 heteroatoms. The van der Waals surface area contributed by atoms with Gasteiger partial charge in [0.1, 0.15) is 0 Å². The average molecular weight is 388 g/mol. The summed E-state index contributed by atoms with van der Waals surface area (Å²) in [5.74, 6) is 0.520. The van der Waals surface area contributed by atoms with Crippen LogP contribution in [0, 0.1) is 5.92 Å². The quantitative estimate of drug-likeness (QED) is 0.822. The summed E-state index contributed by atoms with van der Waals surface area (Å²) in [5.41, 5.74) is 1.99. The van der Waals surface area contributed by atoms with Crippen LogP contribution in [0.2, 0.25) is 5.02 Å². The fourth-order valence-electron chi connectivity index (χ4n) is 3.94. The van der Waals surface area contributed by atoms with Gasteiger partial charge in [0, 0.05) is 68.1 Å². The van der Waals surface area contributed by atoms with Gasteiger partial charge in [-0.15, -0.1) is 0 Å². The van der Waals surface area contributed by atoms with Gasteiger partial charge >= 0.3 is 0 Å². The van der Waals surface area contributed by atoms with Crippen molar-refractivity contribution in [3.05, 3.63) is 35.5 Å². The number of hydrogen-bond donors (Lipinski definition) is 2. The number of benzene rings is 1. The van der Waals surface area contributed by atoms with Gasteiger partial charge in [-0.1, -0.05) is 11.6 Å². The van der Waals surface area contributed by atoms with E-state index in [0.29, 0.717) is 10.9 Å². The Morgan fingerprint density at radius 2 is 2.11 bits per heavy atom. The van der Waals surface area contributed by atoms with Crippen LogP contribution in [0.5, 0.6) is 0 Å². The summed E-state index contributed by atoms with van der Waals surface area (Å²) < 4.78 is 0. The largest absolute Gasteiger partial charge is 0.383 e. The summed E-state index contributed by atoms with van der Waals surface area (Å²) in [4.78, 5) is 21.3. The van der Waals surface area contributed by atoms with Gasteiger partial charge in [0.2, 0.25) is 5.91 Å². The molecule has 144 valence electrons. The molecule has 2 aliphatic heterocycles. The lowest BCUT2D eigenvalue weighted by Crippen LogP contribution is -2.51. The third kappa shape index (κ3) is 4.34. The molecule has 0 saturated carbocycles. The van der Waals surface area contributed by atoms with Crippen molar-refractivity contribution in [1.82, 2.24) is 20.1 Å². The first kappa shape index (κ1) is 18.5. The summed E-state index contributed by atoms with van der Waals surface area (Å²) in [6.45, 7) is 7.21. The number of hydrogen-bond acceptors (Lipinski definition) is 5. The molecule has 27 heavy (non-hydrogen) atoms. The highest BCUT2D eigenvalue weighted by Gasteiger charge is 2.29. The number of fused-ring (bicyclic) bond motifs is 1. The molecule has 0 radical (unpaired) electrons. The van der Waals surface area contributed by atoms with Crippen molar-refractivity contribution in [1.29, 1.82) is 0 Å². The van der Waals surface area contributed by atoms with Crippen molar-refractivity contribution < 1.29 is 4.79 Å². The van der Waals surface area contributed by atoms with Gasteiger partial charge in [-0.05, 0) is 37.2 Å². The van der Waals surface area contributed by atoms with E-state index < -0.39 is 0 Å². The van der Waals surface area contributed by atoms with Crippen molar-refractivity contribution in [2.24, 2.45) is 5.92 Å². The third-order valence-electron chi connectivity index (χ3n) is 5.54. The van der Waals surface area contributed by atoms with Crippen molar-refractivity contribution >= 4 is 34.1 Å². The Balaban J connectivity index is 1.25. The highest BCUT2D eigenvalue weighted by molar-refractivity contribution is 6.31. The normalized spacial score (nSPS) is 20.9. The SMILES string of the molecule is O=C(C1CCNC1)N1CCN(CCNc2ccnc3cc(Cl)ccc23)CC1. The summed E-state index contributed by atoms with van der Waals surface area (Å²) in [7, 11) is 0. The fraction of sp³-hybridized carbons (Fsp3) is 0.500. The van der Waals surface area contributed by atoms with Crippen molar-refractivity contribution in [2.75, 3.05) is 57.7 Å². The maximum absolute atomic E-state index is 12.5. The maximum Gasteiger partial charge on any atom is 0.227 e. The van der Waals surface area contributed by atoms with Gasteiger partial charge < -0.3 is 15.5 Å². The molecule has 3 heterocycles. The number of rotatable bonds is 5. The molecule has 2 aliphatic rings. The van der Waals surface area contributed by atoms with Crippen LogP contribution in [0.15, 0.2) is 30.5 Å². The van der Waals surface area contributed by atoms with Gasteiger partial charge in [0.15, 0.2) is 0 Å². The molecule has 1 atom stereocenters. The summed E-state index contributed by atoms with van der Waals surface area (Å²) >= 11 is 6.05. The number of nitrogens with one attached hydrogen (secondary N) is 2. The Morgan fingerprint density at radius 3 is 2.89 bits per heavy atom. The smallest absolute Gasteiger partial charge is 0.227 e. The summed E-state index contributed by atoms with van der Waals surface area (Å²) in [6.07, 6.45) is 2.79. The van der Waals surface area contributed by atoms with E-state index in [1.807, 2.05) is 35.4 Å². The van der Waals surface area contributed by atoms with Crippen LogP contribution in [-0.2, 0) is 4.79 Å². The predicted octanol–water partition coefficient (Wildman–Crippen LogP) is 2.05. The highest BCUT2D eigenvalue weighted by atomic mass is 35.5. The van der Waals surface area contributed by atoms with Crippen LogP contribution in [0.25, 0.3) is 10.9 Å². The van der Waals surface area contributed by atoms with Gasteiger partial charge in [-0.2, -0.15) is 0 Å². The predicted molar refractivity (Wildman–Crippen MR) is 109 cm³/mol. The Hall–Kier alpha value is -1.89. The van der Waals surface area contributed by atoms with Crippen LogP contribution in [0.1, 0.15) is 6.42 Å². The van der Waals surface area contributed by atoms with Crippen LogP contribution in [0.4, 0.5) is 5.69 Å². The number of piperazine rings is 1. The zero-order valence-corrected chi connectivity index (χ0v) is 16.2. The second kappa shape index (κ2) is 8.42.